The Morgan fingerprint density at radius 1 is 1.10 bits per heavy atom. The van der Waals surface area contributed by atoms with Crippen molar-refractivity contribution in [3.63, 3.8) is 0 Å². The van der Waals surface area contributed by atoms with Crippen LogP contribution in [0.5, 0.6) is 5.75 Å². The predicted molar refractivity (Wildman–Crippen MR) is 79.1 cm³/mol. The van der Waals surface area contributed by atoms with Gasteiger partial charge in [0.1, 0.15) is 5.75 Å². The second-order valence-electron chi connectivity index (χ2n) is 5.00. The first kappa shape index (κ1) is 15.2. The van der Waals surface area contributed by atoms with Gasteiger partial charge in [-0.3, -0.25) is 4.79 Å². The Balaban J connectivity index is 1.78. The van der Waals surface area contributed by atoms with E-state index in [-0.39, 0.29) is 11.9 Å². The van der Waals surface area contributed by atoms with Gasteiger partial charge < -0.3 is 19.9 Å². The Morgan fingerprint density at radius 2 is 1.67 bits per heavy atom. The summed E-state index contributed by atoms with van der Waals surface area (Å²) in [5.41, 5.74) is 1.02. The summed E-state index contributed by atoms with van der Waals surface area (Å²) >= 11 is 0. The fraction of sp³-hybridized carbons (Fsp3) is 0.467. The molecular weight excluding hydrogens is 270 g/mol. The Kier molecular flexibility index (Phi) is 5.03. The van der Waals surface area contributed by atoms with Crippen LogP contribution in [0.2, 0.25) is 0 Å². The molecule has 1 N–H and O–H groups in total. The number of rotatable bonds is 3. The first-order chi connectivity index (χ1) is 10.1. The normalized spacial score (nSPS) is 14.8. The summed E-state index contributed by atoms with van der Waals surface area (Å²) in [6, 6.07) is 7.49. The third kappa shape index (κ3) is 4.11. The maximum atomic E-state index is 12.1. The van der Waals surface area contributed by atoms with Crippen molar-refractivity contribution in [1.29, 1.82) is 0 Å². The number of nitrogens with one attached hydrogen (secondary N) is 1. The maximum absolute atomic E-state index is 12.1. The zero-order chi connectivity index (χ0) is 15.2. The highest BCUT2D eigenvalue weighted by molar-refractivity contribution is 5.76. The van der Waals surface area contributed by atoms with E-state index in [1.54, 1.807) is 23.8 Å². The summed E-state index contributed by atoms with van der Waals surface area (Å²) in [7, 11) is 1.62. The van der Waals surface area contributed by atoms with Crippen LogP contribution in [0.25, 0.3) is 0 Å². The number of hydrogen-bond donors (Lipinski definition) is 1. The van der Waals surface area contributed by atoms with Crippen molar-refractivity contribution in [3.8, 4) is 5.75 Å². The molecule has 3 amide bonds. The summed E-state index contributed by atoms with van der Waals surface area (Å²) in [4.78, 5) is 26.8. The van der Waals surface area contributed by atoms with Crippen molar-refractivity contribution >= 4 is 11.9 Å². The van der Waals surface area contributed by atoms with E-state index in [0.29, 0.717) is 32.7 Å². The molecule has 1 aliphatic heterocycles. The van der Waals surface area contributed by atoms with Crippen molar-refractivity contribution in [2.24, 2.45) is 0 Å². The Labute approximate surface area is 124 Å². The van der Waals surface area contributed by atoms with Gasteiger partial charge in [0.15, 0.2) is 0 Å². The van der Waals surface area contributed by atoms with E-state index in [2.05, 4.69) is 5.32 Å². The molecule has 0 radical (unpaired) electrons. The molecule has 0 aromatic heterocycles. The van der Waals surface area contributed by atoms with Crippen molar-refractivity contribution in [1.82, 2.24) is 15.1 Å². The van der Waals surface area contributed by atoms with Gasteiger partial charge in [-0.15, -0.1) is 0 Å². The van der Waals surface area contributed by atoms with Gasteiger partial charge in [-0.25, -0.2) is 4.79 Å². The van der Waals surface area contributed by atoms with E-state index >= 15 is 0 Å². The highest BCUT2D eigenvalue weighted by Crippen LogP contribution is 2.11. The first-order valence-electron chi connectivity index (χ1n) is 7.01. The lowest BCUT2D eigenvalue weighted by atomic mass is 10.2. The number of piperazine rings is 1. The van der Waals surface area contributed by atoms with Crippen LogP contribution in [0, 0.1) is 0 Å². The zero-order valence-corrected chi connectivity index (χ0v) is 12.5. The Morgan fingerprint density at radius 3 is 2.19 bits per heavy atom. The molecule has 1 heterocycles. The average molecular weight is 291 g/mol. The summed E-state index contributed by atoms with van der Waals surface area (Å²) in [6.07, 6.45) is 0. The van der Waals surface area contributed by atoms with Crippen molar-refractivity contribution < 1.29 is 14.3 Å². The van der Waals surface area contributed by atoms with Gasteiger partial charge in [-0.05, 0) is 17.7 Å². The lowest BCUT2D eigenvalue weighted by molar-refractivity contribution is -0.130. The van der Waals surface area contributed by atoms with Crippen LogP contribution < -0.4 is 10.1 Å². The average Bonchev–Trinajstić information content (AvgIpc) is 2.53. The third-order valence-corrected chi connectivity index (χ3v) is 3.62. The number of hydrogen-bond acceptors (Lipinski definition) is 3. The predicted octanol–water partition coefficient (Wildman–Crippen LogP) is 1.07. The number of carbonyl (C=O) groups is 2. The van der Waals surface area contributed by atoms with E-state index in [1.165, 1.54) is 0 Å². The van der Waals surface area contributed by atoms with Crippen LogP contribution in [0.3, 0.4) is 0 Å². The molecule has 2 rings (SSSR count). The van der Waals surface area contributed by atoms with Gasteiger partial charge in [0.05, 0.1) is 7.11 Å². The molecule has 0 bridgehead atoms. The van der Waals surface area contributed by atoms with Crippen LogP contribution in [0.1, 0.15) is 12.5 Å². The second kappa shape index (κ2) is 6.97. The molecule has 0 atom stereocenters. The van der Waals surface area contributed by atoms with Crippen LogP contribution in [0.15, 0.2) is 24.3 Å². The van der Waals surface area contributed by atoms with Crippen LogP contribution in [0.4, 0.5) is 4.79 Å². The molecule has 1 aromatic rings. The fourth-order valence-corrected chi connectivity index (χ4v) is 2.26. The fourth-order valence-electron chi connectivity index (χ4n) is 2.26. The third-order valence-electron chi connectivity index (χ3n) is 3.62. The quantitative estimate of drug-likeness (QED) is 0.906. The number of urea groups is 1. The molecule has 0 spiro atoms. The molecule has 114 valence electrons. The van der Waals surface area contributed by atoms with E-state index in [1.807, 2.05) is 24.3 Å². The van der Waals surface area contributed by atoms with Gasteiger partial charge in [-0.2, -0.15) is 0 Å². The zero-order valence-electron chi connectivity index (χ0n) is 12.5. The van der Waals surface area contributed by atoms with Crippen LogP contribution in [-0.2, 0) is 11.3 Å². The monoisotopic (exact) mass is 291 g/mol. The van der Waals surface area contributed by atoms with E-state index in [4.69, 9.17) is 4.74 Å². The van der Waals surface area contributed by atoms with Gasteiger partial charge >= 0.3 is 6.03 Å². The summed E-state index contributed by atoms with van der Waals surface area (Å²) in [5, 5.41) is 2.89. The standard InChI is InChI=1S/C15H21N3O3/c1-12(19)17-7-9-18(10-8-17)15(20)16-11-13-3-5-14(21-2)6-4-13/h3-6H,7-11H2,1-2H3,(H,16,20). The number of ether oxygens (including phenoxy) is 1. The molecule has 0 saturated carbocycles. The molecule has 1 fully saturated rings. The van der Waals surface area contributed by atoms with Gasteiger partial charge in [0.25, 0.3) is 0 Å². The minimum Gasteiger partial charge on any atom is -0.497 e. The largest absolute Gasteiger partial charge is 0.497 e. The van der Waals surface area contributed by atoms with Crippen molar-refractivity contribution in [2.75, 3.05) is 33.3 Å². The first-order valence-corrected chi connectivity index (χ1v) is 7.01. The SMILES string of the molecule is COc1ccc(CNC(=O)N2CCN(C(C)=O)CC2)cc1. The summed E-state index contributed by atoms with van der Waals surface area (Å²) < 4.78 is 5.09. The topological polar surface area (TPSA) is 61.9 Å². The lowest BCUT2D eigenvalue weighted by Gasteiger charge is -2.34. The number of amides is 3. The minimum atomic E-state index is -0.0889. The summed E-state index contributed by atoms with van der Waals surface area (Å²) in [5.74, 6) is 0.860. The number of nitrogens with zero attached hydrogens (tertiary/aromatic N) is 2. The smallest absolute Gasteiger partial charge is 0.317 e. The molecule has 0 aliphatic carbocycles. The molecule has 1 aromatic carbocycles. The highest BCUT2D eigenvalue weighted by Gasteiger charge is 2.21. The van der Waals surface area contributed by atoms with E-state index < -0.39 is 0 Å². The van der Waals surface area contributed by atoms with Crippen LogP contribution in [-0.4, -0.2) is 55.0 Å². The molecule has 1 aliphatic rings. The van der Waals surface area contributed by atoms with E-state index in [0.717, 1.165) is 11.3 Å². The second-order valence-corrected chi connectivity index (χ2v) is 5.00. The molecule has 1 saturated heterocycles. The van der Waals surface area contributed by atoms with Crippen LogP contribution >= 0.6 is 0 Å². The minimum absolute atomic E-state index is 0.0632. The van der Waals surface area contributed by atoms with E-state index in [9.17, 15) is 9.59 Å². The Bertz CT molecular complexity index is 493. The van der Waals surface area contributed by atoms with Gasteiger partial charge in [0.2, 0.25) is 5.91 Å². The summed E-state index contributed by atoms with van der Waals surface area (Å²) in [6.45, 7) is 4.40. The number of carbonyl (C=O) groups excluding carboxylic acids is 2. The molecule has 0 unspecified atom stereocenters. The highest BCUT2D eigenvalue weighted by atomic mass is 16.5. The number of benzene rings is 1. The Hall–Kier alpha value is -2.24. The molecule has 21 heavy (non-hydrogen) atoms. The molecule has 6 heteroatoms. The molecular formula is C15H21N3O3. The van der Waals surface area contributed by atoms with Crippen molar-refractivity contribution in [3.05, 3.63) is 29.8 Å². The van der Waals surface area contributed by atoms with Gasteiger partial charge in [0, 0.05) is 39.6 Å². The number of methoxy groups -OCH3 is 1. The maximum Gasteiger partial charge on any atom is 0.317 e. The lowest BCUT2D eigenvalue weighted by Crippen LogP contribution is -2.52. The van der Waals surface area contributed by atoms with Gasteiger partial charge in [-0.1, -0.05) is 12.1 Å². The van der Waals surface area contributed by atoms with Crippen molar-refractivity contribution in [2.45, 2.75) is 13.5 Å². The molecule has 6 nitrogen and oxygen atoms in total.